The first-order valence-electron chi connectivity index (χ1n) is 9.14. The maximum atomic E-state index is 4.40. The Morgan fingerprint density at radius 3 is 2.50 bits per heavy atom. The highest BCUT2D eigenvalue weighted by molar-refractivity contribution is 7.11. The number of nitrogens with zero attached hydrogens (tertiary/aromatic N) is 3. The predicted octanol–water partition coefficient (Wildman–Crippen LogP) is 3.02. The third kappa shape index (κ3) is 6.11. The highest BCUT2D eigenvalue weighted by Gasteiger charge is 2.14. The molecule has 5 nitrogen and oxygen atoms in total. The summed E-state index contributed by atoms with van der Waals surface area (Å²) in [6.45, 7) is 5.89. The Kier molecular flexibility index (Phi) is 8.06. The summed E-state index contributed by atoms with van der Waals surface area (Å²) >= 11 is 1.75. The minimum atomic E-state index is 0.293. The molecule has 1 aromatic carbocycles. The lowest BCUT2D eigenvalue weighted by atomic mass is 10.0. The van der Waals surface area contributed by atoms with Gasteiger partial charge in [-0.1, -0.05) is 31.2 Å². The van der Waals surface area contributed by atoms with Crippen LogP contribution in [0.2, 0.25) is 0 Å². The van der Waals surface area contributed by atoms with Crippen LogP contribution < -0.4 is 10.6 Å². The number of aliphatic imine (C=N–C) groups is 1. The van der Waals surface area contributed by atoms with Gasteiger partial charge in [0.1, 0.15) is 0 Å². The zero-order chi connectivity index (χ0) is 18.9. The number of thiazole rings is 1. The molecule has 0 radical (unpaired) electrons. The Labute approximate surface area is 161 Å². The van der Waals surface area contributed by atoms with Gasteiger partial charge in [0.15, 0.2) is 5.96 Å². The molecule has 0 spiro atoms. The molecule has 2 rings (SSSR count). The van der Waals surface area contributed by atoms with Gasteiger partial charge in [0, 0.05) is 37.6 Å². The van der Waals surface area contributed by atoms with E-state index < -0.39 is 0 Å². The van der Waals surface area contributed by atoms with Crippen LogP contribution in [0.5, 0.6) is 0 Å². The standard InChI is InChI=1S/C20H31N5S/c1-6-16-7-9-17(10-8-16)18(25(4)5)14-24-20(21-3)22-12-11-19-23-13-15(2)26-19/h7-10,13,18H,6,11-12,14H2,1-5H3,(H2,21,22,24). The van der Waals surface area contributed by atoms with Gasteiger partial charge >= 0.3 is 0 Å². The second kappa shape index (κ2) is 10.3. The SMILES string of the molecule is CCc1ccc(C(CNC(=NC)NCCc2ncc(C)s2)N(C)C)cc1. The number of aryl methyl sites for hydroxylation is 2. The third-order valence-electron chi connectivity index (χ3n) is 4.38. The van der Waals surface area contributed by atoms with Crippen LogP contribution in [0, 0.1) is 6.92 Å². The molecule has 2 aromatic rings. The molecule has 26 heavy (non-hydrogen) atoms. The zero-order valence-corrected chi connectivity index (χ0v) is 17.4. The largest absolute Gasteiger partial charge is 0.356 e. The summed E-state index contributed by atoms with van der Waals surface area (Å²) in [5.74, 6) is 0.829. The molecule has 0 amide bonds. The van der Waals surface area contributed by atoms with Crippen LogP contribution in [0.1, 0.15) is 34.0 Å². The van der Waals surface area contributed by atoms with Crippen LogP contribution in [0.3, 0.4) is 0 Å². The van der Waals surface area contributed by atoms with Crippen molar-refractivity contribution in [3.8, 4) is 0 Å². The van der Waals surface area contributed by atoms with E-state index in [1.54, 1.807) is 11.3 Å². The van der Waals surface area contributed by atoms with E-state index in [1.165, 1.54) is 16.0 Å². The quantitative estimate of drug-likeness (QED) is 0.552. The van der Waals surface area contributed by atoms with Crippen molar-refractivity contribution in [2.75, 3.05) is 34.2 Å². The average Bonchev–Trinajstić information content (AvgIpc) is 3.05. The van der Waals surface area contributed by atoms with Crippen LogP contribution in [0.4, 0.5) is 0 Å². The van der Waals surface area contributed by atoms with Gasteiger partial charge in [0.2, 0.25) is 0 Å². The summed E-state index contributed by atoms with van der Waals surface area (Å²) in [4.78, 5) is 12.2. The van der Waals surface area contributed by atoms with Crippen LogP contribution >= 0.6 is 11.3 Å². The summed E-state index contributed by atoms with van der Waals surface area (Å²) in [5.41, 5.74) is 2.68. The number of hydrogen-bond acceptors (Lipinski definition) is 4. The number of rotatable bonds is 8. The highest BCUT2D eigenvalue weighted by Crippen LogP contribution is 2.18. The lowest BCUT2D eigenvalue weighted by Gasteiger charge is -2.26. The first-order chi connectivity index (χ1) is 12.5. The van der Waals surface area contributed by atoms with Gasteiger partial charge < -0.3 is 15.5 Å². The van der Waals surface area contributed by atoms with Crippen molar-refractivity contribution in [1.82, 2.24) is 20.5 Å². The van der Waals surface area contributed by atoms with Gasteiger partial charge in [-0.2, -0.15) is 0 Å². The summed E-state index contributed by atoms with van der Waals surface area (Å²) < 4.78 is 0. The molecule has 6 heteroatoms. The monoisotopic (exact) mass is 373 g/mol. The Morgan fingerprint density at radius 1 is 1.23 bits per heavy atom. The first-order valence-corrected chi connectivity index (χ1v) is 9.96. The predicted molar refractivity (Wildman–Crippen MR) is 112 cm³/mol. The Balaban J connectivity index is 1.87. The fraction of sp³-hybridized carbons (Fsp3) is 0.500. The van der Waals surface area contributed by atoms with E-state index in [9.17, 15) is 0 Å². The summed E-state index contributed by atoms with van der Waals surface area (Å²) in [5, 5.41) is 7.99. The molecule has 1 heterocycles. The Hall–Kier alpha value is -1.92. The van der Waals surface area contributed by atoms with Crippen LogP contribution in [-0.4, -0.2) is 50.1 Å². The van der Waals surface area contributed by atoms with Crippen molar-refractivity contribution >= 4 is 17.3 Å². The molecular weight excluding hydrogens is 342 g/mol. The zero-order valence-electron chi connectivity index (χ0n) is 16.5. The van der Waals surface area contributed by atoms with Gasteiger partial charge in [0.05, 0.1) is 11.0 Å². The van der Waals surface area contributed by atoms with Gasteiger partial charge in [-0.05, 0) is 38.6 Å². The number of benzene rings is 1. The number of likely N-dealkylation sites (N-methyl/N-ethyl adjacent to an activating group) is 1. The number of nitrogens with one attached hydrogen (secondary N) is 2. The van der Waals surface area contributed by atoms with Gasteiger partial charge in [-0.3, -0.25) is 4.99 Å². The normalized spacial score (nSPS) is 13.1. The summed E-state index contributed by atoms with van der Waals surface area (Å²) in [7, 11) is 6.03. The second-order valence-electron chi connectivity index (χ2n) is 6.57. The maximum absolute atomic E-state index is 4.40. The molecule has 0 saturated heterocycles. The topological polar surface area (TPSA) is 52.6 Å². The molecule has 0 aliphatic rings. The van der Waals surface area contributed by atoms with E-state index in [4.69, 9.17) is 0 Å². The van der Waals surface area contributed by atoms with Gasteiger partial charge in [-0.25, -0.2) is 4.98 Å². The summed E-state index contributed by atoms with van der Waals surface area (Å²) in [6.07, 6.45) is 3.91. The fourth-order valence-electron chi connectivity index (χ4n) is 2.79. The maximum Gasteiger partial charge on any atom is 0.191 e. The smallest absolute Gasteiger partial charge is 0.191 e. The lowest BCUT2D eigenvalue weighted by Crippen LogP contribution is -2.42. The number of hydrogen-bond donors (Lipinski definition) is 2. The first kappa shape index (κ1) is 20.4. The number of aromatic nitrogens is 1. The molecule has 1 atom stereocenters. The third-order valence-corrected chi connectivity index (χ3v) is 5.36. The minimum absolute atomic E-state index is 0.293. The van der Waals surface area contributed by atoms with Gasteiger partial charge in [-0.15, -0.1) is 11.3 Å². The molecule has 0 bridgehead atoms. The van der Waals surface area contributed by atoms with E-state index >= 15 is 0 Å². The molecular formula is C20H31N5S. The molecule has 0 aliphatic carbocycles. The van der Waals surface area contributed by atoms with Crippen molar-refractivity contribution < 1.29 is 0 Å². The number of guanidine groups is 1. The molecule has 1 unspecified atom stereocenters. The summed E-state index contributed by atoms with van der Waals surface area (Å²) in [6, 6.07) is 9.18. The molecule has 1 aromatic heterocycles. The van der Waals surface area contributed by atoms with E-state index in [-0.39, 0.29) is 0 Å². The van der Waals surface area contributed by atoms with Crippen LogP contribution in [-0.2, 0) is 12.8 Å². The fourth-order valence-corrected chi connectivity index (χ4v) is 3.58. The molecule has 0 saturated carbocycles. The van der Waals surface area contributed by atoms with E-state index in [0.717, 1.165) is 36.9 Å². The Morgan fingerprint density at radius 2 is 1.96 bits per heavy atom. The minimum Gasteiger partial charge on any atom is -0.356 e. The molecule has 142 valence electrons. The highest BCUT2D eigenvalue weighted by atomic mass is 32.1. The van der Waals surface area contributed by atoms with E-state index in [1.807, 2.05) is 13.2 Å². The van der Waals surface area contributed by atoms with Crippen molar-refractivity contribution in [2.45, 2.75) is 32.7 Å². The Bertz CT molecular complexity index is 690. The van der Waals surface area contributed by atoms with Crippen molar-refractivity contribution in [1.29, 1.82) is 0 Å². The van der Waals surface area contributed by atoms with E-state index in [2.05, 4.69) is 77.7 Å². The molecule has 0 aliphatic heterocycles. The van der Waals surface area contributed by atoms with Crippen molar-refractivity contribution in [3.05, 3.63) is 51.5 Å². The lowest BCUT2D eigenvalue weighted by molar-refractivity contribution is 0.298. The van der Waals surface area contributed by atoms with Crippen LogP contribution in [0.25, 0.3) is 0 Å². The average molecular weight is 374 g/mol. The second-order valence-corrected chi connectivity index (χ2v) is 7.89. The van der Waals surface area contributed by atoms with Gasteiger partial charge in [0.25, 0.3) is 0 Å². The molecule has 0 fully saturated rings. The van der Waals surface area contributed by atoms with Crippen molar-refractivity contribution in [3.63, 3.8) is 0 Å². The van der Waals surface area contributed by atoms with Crippen LogP contribution in [0.15, 0.2) is 35.5 Å². The molecule has 2 N–H and O–H groups in total. The van der Waals surface area contributed by atoms with E-state index in [0.29, 0.717) is 6.04 Å². The van der Waals surface area contributed by atoms with Crippen molar-refractivity contribution in [2.24, 2.45) is 4.99 Å².